The van der Waals surface area contributed by atoms with E-state index in [0.29, 0.717) is 60.2 Å². The monoisotopic (exact) mass is 1570 g/mol. The number of likely N-dealkylation sites (N-methyl/N-ethyl adjacent to an activating group) is 1. The Morgan fingerprint density at radius 1 is 0.619 bits per heavy atom. The van der Waals surface area contributed by atoms with Crippen LogP contribution in [0.3, 0.4) is 0 Å². The van der Waals surface area contributed by atoms with Gasteiger partial charge in [-0.05, 0) is 156 Å². The number of carbonyl (C=O) groups excluding carboxylic acids is 6. The number of aryl methyl sites for hydroxylation is 7. The maximum absolute atomic E-state index is 12.6. The first-order valence-corrected chi connectivity index (χ1v) is 40.0. The molecule has 13 rings (SSSR count). The molecule has 13 heterocycles. The number of hydrogen-bond donors (Lipinski definition) is 3. The third-order valence-electron chi connectivity index (χ3n) is 14.8. The molecule has 0 radical (unpaired) electrons. The van der Waals surface area contributed by atoms with Gasteiger partial charge in [0.1, 0.15) is 29.2 Å². The lowest BCUT2D eigenvalue weighted by Crippen LogP contribution is -2.42. The molecule has 1 saturated heterocycles. The van der Waals surface area contributed by atoms with Gasteiger partial charge >= 0.3 is 0 Å². The van der Waals surface area contributed by atoms with Crippen LogP contribution >= 0.6 is 79.4 Å². The standard InChI is InChI=1S/C17H20N2O2S.C13H17N3OS.C11H11N3OS.C11H12N2O2S.C10H10N4OS.C9H8N2O3S3/c1-13-2-3-17(22-13)16(20)12-19(14-4-8-18-9-5-14)15-6-10-21-11-7-15;1-10-6-12(18-9-10)11(17)7-15(2)8-13-14-4-5-16(13)3;1-8-3-5-16-11(8)9(15)6-13-10-2-4-12-7-14-10;1-8-2-3-10(16-8)9(14)4-5-13-11-6-12-7-15-11;1-7-4-12-10(16-7)9(15)6-11-8-2-3-13-14-5-8;1-6-2-3-8(16-6)7(12)4-17(13,14)9-11-10-5-15-9/h2-5,8-9,15H,6-7,10-12H2,1H3;4-6,9H,7-8H2,1-3H3;2-5,7H,6H2,1H3,(H,12,13,14);2-3,6-7,13H,4-5H2,1H3;2-5H,6H2,1H3,(H,11,13);2-3,5H,4H2,1H3. The van der Waals surface area contributed by atoms with Crippen LogP contribution in [0.2, 0.25) is 0 Å². The zero-order chi connectivity index (χ0) is 75.1. The number of imidazole rings is 1. The summed E-state index contributed by atoms with van der Waals surface area (Å²) in [6.07, 6.45) is 20.5. The van der Waals surface area contributed by atoms with Gasteiger partial charge in [0.15, 0.2) is 40.3 Å². The quantitative estimate of drug-likeness (QED) is 0.0403. The van der Waals surface area contributed by atoms with Crippen molar-refractivity contribution in [2.75, 3.05) is 79.6 Å². The van der Waals surface area contributed by atoms with Gasteiger partial charge in [-0.15, -0.1) is 78.2 Å². The van der Waals surface area contributed by atoms with Crippen molar-refractivity contribution in [1.82, 2.24) is 59.8 Å². The van der Waals surface area contributed by atoms with E-state index in [1.807, 2.05) is 131 Å². The second-order valence-corrected chi connectivity index (χ2v) is 33.1. The van der Waals surface area contributed by atoms with Crippen molar-refractivity contribution in [2.45, 2.75) is 77.7 Å². The van der Waals surface area contributed by atoms with Crippen molar-refractivity contribution >= 4 is 147 Å². The average molecular weight is 1570 g/mol. The number of thiazole rings is 1. The number of carbonyl (C=O) groups is 6. The number of aromatic nitrogens is 11. The van der Waals surface area contributed by atoms with Gasteiger partial charge < -0.3 is 34.6 Å². The Hall–Kier alpha value is -9.49. The minimum absolute atomic E-state index is 0.0186. The first kappa shape index (κ1) is 81.2. The second-order valence-electron chi connectivity index (χ2n) is 23.2. The topological polar surface area (TPSA) is 335 Å². The highest BCUT2D eigenvalue weighted by molar-refractivity contribution is 7.94. The smallest absolute Gasteiger partial charge is 0.232 e. The Labute approximate surface area is 636 Å². The van der Waals surface area contributed by atoms with Crippen LogP contribution < -0.4 is 20.9 Å². The molecule has 0 saturated carbocycles. The molecule has 1 fully saturated rings. The maximum atomic E-state index is 12.6. The van der Waals surface area contributed by atoms with Gasteiger partial charge in [0.05, 0.1) is 81.4 Å². The minimum atomic E-state index is -3.65. The summed E-state index contributed by atoms with van der Waals surface area (Å²) in [7, 11) is 0.243. The van der Waals surface area contributed by atoms with Crippen molar-refractivity contribution in [3.05, 3.63) is 223 Å². The van der Waals surface area contributed by atoms with Crippen LogP contribution in [0.25, 0.3) is 0 Å². The van der Waals surface area contributed by atoms with E-state index in [1.165, 1.54) is 79.8 Å². The molecular weight excluding hydrogens is 1490 g/mol. The molecule has 3 N–H and O–H groups in total. The average Bonchev–Trinajstić information content (AvgIpc) is 1.26. The minimum Gasteiger partial charge on any atom is -0.428 e. The highest BCUT2D eigenvalue weighted by Crippen LogP contribution is 2.26. The van der Waals surface area contributed by atoms with Crippen LogP contribution in [0.5, 0.6) is 0 Å². The van der Waals surface area contributed by atoms with Gasteiger partial charge in [-0.2, -0.15) is 10.2 Å². The lowest BCUT2D eigenvalue weighted by molar-refractivity contribution is 0.0823. The highest BCUT2D eigenvalue weighted by Gasteiger charge is 2.26. The molecule has 0 bridgehead atoms. The number of pyridine rings is 1. The molecule has 550 valence electrons. The number of anilines is 4. The third kappa shape index (κ3) is 27.2. The highest BCUT2D eigenvalue weighted by atomic mass is 32.2. The van der Waals surface area contributed by atoms with Gasteiger partial charge in [-0.3, -0.25) is 38.7 Å². The Morgan fingerprint density at radius 3 is 1.87 bits per heavy atom. The van der Waals surface area contributed by atoms with E-state index in [2.05, 4.69) is 71.1 Å². The van der Waals surface area contributed by atoms with E-state index in [1.54, 1.807) is 85.2 Å². The molecule has 0 aliphatic carbocycles. The molecule has 0 unspecified atom stereocenters. The van der Waals surface area contributed by atoms with Crippen LogP contribution in [-0.4, -0.2) is 168 Å². The summed E-state index contributed by atoms with van der Waals surface area (Å²) in [6.45, 7) is 15.8. The summed E-state index contributed by atoms with van der Waals surface area (Å²) in [5.41, 5.74) is 5.34. The molecule has 1 aliphatic rings. The fourth-order valence-corrected chi connectivity index (χ4v) is 16.4. The third-order valence-corrected chi connectivity index (χ3v) is 23.8. The van der Waals surface area contributed by atoms with E-state index in [-0.39, 0.29) is 46.3 Å². The van der Waals surface area contributed by atoms with E-state index in [9.17, 15) is 37.2 Å². The van der Waals surface area contributed by atoms with Gasteiger partial charge in [0.2, 0.25) is 25.8 Å². The molecule has 34 heteroatoms. The number of oxazole rings is 1. The summed E-state index contributed by atoms with van der Waals surface area (Å²) in [5.74, 6) is 1.85. The molecule has 26 nitrogen and oxygen atoms in total. The Morgan fingerprint density at radius 2 is 1.30 bits per heavy atom. The lowest BCUT2D eigenvalue weighted by Gasteiger charge is -2.35. The predicted molar refractivity (Wildman–Crippen MR) is 416 cm³/mol. The summed E-state index contributed by atoms with van der Waals surface area (Å²) in [5, 5.41) is 27.7. The van der Waals surface area contributed by atoms with Crippen LogP contribution in [0.15, 0.2) is 166 Å². The number of sulfone groups is 1. The van der Waals surface area contributed by atoms with Crippen LogP contribution in [0.1, 0.15) is 114 Å². The number of nitrogens with zero attached hydrogens (tertiary/aromatic N) is 13. The zero-order valence-corrected chi connectivity index (χ0v) is 65.3. The first-order chi connectivity index (χ1) is 50.6. The van der Waals surface area contributed by atoms with Crippen molar-refractivity contribution in [2.24, 2.45) is 7.05 Å². The van der Waals surface area contributed by atoms with Crippen LogP contribution in [0.4, 0.5) is 23.1 Å². The molecule has 0 spiro atoms. The molecule has 0 aromatic carbocycles. The Kier molecular flexibility index (Phi) is 32.4. The zero-order valence-electron chi connectivity index (χ0n) is 58.7. The predicted octanol–water partition coefficient (Wildman–Crippen LogP) is 13.4. The Bertz CT molecular complexity index is 4760. The molecular formula is C71H78N16O10S8. The second kappa shape index (κ2) is 41.9. The summed E-state index contributed by atoms with van der Waals surface area (Å²) in [6, 6.07) is 22.9. The number of Topliss-reactive ketones (excluding diaryl/α,β-unsaturated/α-hetero) is 6. The van der Waals surface area contributed by atoms with E-state index in [4.69, 9.17) is 9.15 Å². The number of rotatable bonds is 27. The van der Waals surface area contributed by atoms with Gasteiger partial charge in [0.25, 0.3) is 0 Å². The normalized spacial score (nSPS) is 11.7. The SMILES string of the molecule is Cc1ccc(C(=O)CCNc2cnco2)s1.Cc1ccc(C(=O)CN(c2ccncc2)C2CCOCC2)s1.Cc1ccc(C(=O)CS(=O)(=O)c2nncs2)s1.Cc1ccsc1C(=O)CNc1ccncn1.Cc1cnc(C(=O)CNc2ccnnc2)s1.Cc1csc(C(=O)CN(C)Cc2nccn2C)c1. The number of hydrogen-bond acceptors (Lipinski definition) is 32. The molecule has 105 heavy (non-hydrogen) atoms. The number of nitrogens with one attached hydrogen (secondary N) is 3. The number of thiophene rings is 5. The first-order valence-electron chi connectivity index (χ1n) is 32.5. The van der Waals surface area contributed by atoms with Crippen molar-refractivity contribution in [1.29, 1.82) is 0 Å². The molecule has 12 aromatic rings. The van der Waals surface area contributed by atoms with Crippen molar-refractivity contribution in [3.8, 4) is 0 Å². The van der Waals surface area contributed by atoms with Gasteiger partial charge in [-0.25, -0.2) is 33.3 Å². The largest absolute Gasteiger partial charge is 0.428 e. The van der Waals surface area contributed by atoms with Gasteiger partial charge in [0, 0.05) is 102 Å². The fourth-order valence-electron chi connectivity index (χ4n) is 9.47. The summed E-state index contributed by atoms with van der Waals surface area (Å²) < 4.78 is 35.9. The Balaban J connectivity index is 0.000000160. The summed E-state index contributed by atoms with van der Waals surface area (Å²) in [4.78, 5) is 108. The molecule has 0 amide bonds. The molecule has 12 aromatic heterocycles. The number of ketones is 6. The van der Waals surface area contributed by atoms with E-state index >= 15 is 0 Å². The van der Waals surface area contributed by atoms with Crippen molar-refractivity contribution in [3.63, 3.8) is 0 Å². The van der Waals surface area contributed by atoms with Gasteiger partial charge in [-0.1, -0.05) is 11.3 Å². The van der Waals surface area contributed by atoms with Crippen LogP contribution in [-0.2, 0) is 28.2 Å². The number of ether oxygens (including phenoxy) is 1. The van der Waals surface area contributed by atoms with E-state index in [0.717, 1.165) is 99.9 Å². The summed E-state index contributed by atoms with van der Waals surface area (Å²) >= 11 is 9.68. The van der Waals surface area contributed by atoms with E-state index < -0.39 is 21.4 Å². The lowest BCUT2D eigenvalue weighted by atomic mass is 10.1. The fraction of sp³-hybridized carbons (Fsp3) is 0.296. The molecule has 0 atom stereocenters. The van der Waals surface area contributed by atoms with Crippen LogP contribution in [0, 0.1) is 41.5 Å². The molecule has 1 aliphatic heterocycles. The maximum Gasteiger partial charge on any atom is 0.232 e. The van der Waals surface area contributed by atoms with Crippen molar-refractivity contribution < 1.29 is 46.3 Å².